The first-order valence-corrected chi connectivity index (χ1v) is 9.87. The summed E-state index contributed by atoms with van der Waals surface area (Å²) in [5, 5.41) is 0. The minimum absolute atomic E-state index is 0.0738. The molecule has 0 rings (SSSR count). The Balaban J connectivity index is 4.63. The fraction of sp³-hybridized carbons (Fsp3) is 0.800. The quantitative estimate of drug-likeness (QED) is 0.212. The van der Waals surface area contributed by atoms with Crippen molar-refractivity contribution in [3.63, 3.8) is 0 Å². The highest BCUT2D eigenvalue weighted by atomic mass is 35.5. The molecule has 0 aromatic heterocycles. The first-order chi connectivity index (χ1) is 12.0. The summed E-state index contributed by atoms with van der Waals surface area (Å²) < 4.78 is 0. The summed E-state index contributed by atoms with van der Waals surface area (Å²) in [6.45, 7) is 4.19. The lowest BCUT2D eigenvalue weighted by Gasteiger charge is -2.23. The van der Waals surface area contributed by atoms with Crippen molar-refractivity contribution in [2.75, 3.05) is 0 Å². The number of alkyl halides is 1. The SMILES string of the molecule is CCCCCCCC(=O)C([C]=O)C(Cl)([C]=O)C(=O)CCCCCCC. The van der Waals surface area contributed by atoms with E-state index < -0.39 is 22.4 Å². The van der Waals surface area contributed by atoms with Crippen LogP contribution in [0.5, 0.6) is 0 Å². The normalized spacial score (nSPS) is 14.5. The number of carbonyl (C=O) groups is 2. The molecular weight excluding hydrogens is 340 g/mol. The van der Waals surface area contributed by atoms with Gasteiger partial charge in [0.2, 0.25) is 12.6 Å². The predicted octanol–water partition coefficient (Wildman–Crippen LogP) is 4.66. The number of carbonyl (C=O) groups excluding carboxylic acids is 4. The molecule has 2 radical (unpaired) electrons. The van der Waals surface area contributed by atoms with E-state index in [4.69, 9.17) is 11.6 Å². The van der Waals surface area contributed by atoms with Crippen LogP contribution < -0.4 is 0 Å². The van der Waals surface area contributed by atoms with Gasteiger partial charge in [0.05, 0.1) is 0 Å². The zero-order valence-corrected chi connectivity index (χ0v) is 16.3. The number of hydrogen-bond donors (Lipinski definition) is 0. The summed E-state index contributed by atoms with van der Waals surface area (Å²) >= 11 is 6.08. The van der Waals surface area contributed by atoms with E-state index in [1.165, 1.54) is 12.6 Å². The van der Waals surface area contributed by atoms with Crippen LogP contribution in [-0.4, -0.2) is 29.0 Å². The van der Waals surface area contributed by atoms with Crippen molar-refractivity contribution < 1.29 is 19.2 Å². The third kappa shape index (κ3) is 8.75. The molecule has 0 aromatic carbocycles. The van der Waals surface area contributed by atoms with Gasteiger partial charge in [-0.1, -0.05) is 65.2 Å². The molecule has 0 aliphatic rings. The van der Waals surface area contributed by atoms with Gasteiger partial charge in [-0.25, -0.2) is 0 Å². The van der Waals surface area contributed by atoms with E-state index in [1.807, 2.05) is 0 Å². The van der Waals surface area contributed by atoms with Crippen LogP contribution in [0.2, 0.25) is 0 Å². The molecule has 0 saturated heterocycles. The number of rotatable bonds is 17. The van der Waals surface area contributed by atoms with Gasteiger partial charge in [-0.3, -0.25) is 19.2 Å². The Hall–Kier alpha value is -1.03. The molecular formula is C20H31ClO4. The van der Waals surface area contributed by atoms with Crippen LogP contribution in [-0.2, 0) is 19.2 Å². The molecule has 25 heavy (non-hydrogen) atoms. The maximum absolute atomic E-state index is 12.3. The molecule has 0 spiro atoms. The molecule has 5 heteroatoms. The molecule has 0 N–H and O–H groups in total. The van der Waals surface area contributed by atoms with Crippen molar-refractivity contribution in [2.24, 2.45) is 5.92 Å². The first kappa shape index (κ1) is 24.0. The number of hydrogen-bond acceptors (Lipinski definition) is 4. The van der Waals surface area contributed by atoms with E-state index in [2.05, 4.69) is 13.8 Å². The van der Waals surface area contributed by atoms with Gasteiger partial charge in [-0.05, 0) is 12.8 Å². The van der Waals surface area contributed by atoms with Crippen molar-refractivity contribution in [1.82, 2.24) is 0 Å². The Bertz CT molecular complexity index is 422. The van der Waals surface area contributed by atoms with Crippen molar-refractivity contribution in [1.29, 1.82) is 0 Å². The molecule has 142 valence electrons. The van der Waals surface area contributed by atoms with Gasteiger partial charge in [-0.2, -0.15) is 0 Å². The van der Waals surface area contributed by atoms with Crippen molar-refractivity contribution in [2.45, 2.75) is 95.8 Å². The molecule has 0 fully saturated rings. The number of ketones is 2. The number of unbranched alkanes of at least 4 members (excludes halogenated alkanes) is 8. The molecule has 0 aliphatic carbocycles. The molecule has 2 unspecified atom stereocenters. The predicted molar refractivity (Wildman–Crippen MR) is 100 cm³/mol. The molecule has 4 nitrogen and oxygen atoms in total. The van der Waals surface area contributed by atoms with Gasteiger partial charge in [0.1, 0.15) is 11.7 Å². The van der Waals surface area contributed by atoms with Crippen molar-refractivity contribution in [3.8, 4) is 0 Å². The van der Waals surface area contributed by atoms with Crippen LogP contribution in [0.25, 0.3) is 0 Å². The third-order valence-corrected chi connectivity index (χ3v) is 4.93. The Labute approximate surface area is 157 Å². The zero-order chi connectivity index (χ0) is 19.1. The second kappa shape index (κ2) is 14.2. The minimum Gasteiger partial charge on any atom is -0.299 e. The number of halogens is 1. The fourth-order valence-electron chi connectivity index (χ4n) is 2.76. The topological polar surface area (TPSA) is 68.3 Å². The van der Waals surface area contributed by atoms with Crippen LogP contribution in [0.15, 0.2) is 0 Å². The van der Waals surface area contributed by atoms with Crippen LogP contribution in [0, 0.1) is 5.92 Å². The summed E-state index contributed by atoms with van der Waals surface area (Å²) in [5.74, 6) is -2.65. The van der Waals surface area contributed by atoms with E-state index >= 15 is 0 Å². The monoisotopic (exact) mass is 370 g/mol. The van der Waals surface area contributed by atoms with Gasteiger partial charge in [0.15, 0.2) is 10.7 Å². The summed E-state index contributed by atoms with van der Waals surface area (Å²) in [6, 6.07) is 0. The highest BCUT2D eigenvalue weighted by Gasteiger charge is 2.48. The summed E-state index contributed by atoms with van der Waals surface area (Å²) in [6.07, 6.45) is 12.5. The van der Waals surface area contributed by atoms with Gasteiger partial charge < -0.3 is 0 Å². The largest absolute Gasteiger partial charge is 0.299 e. The molecule has 0 heterocycles. The smallest absolute Gasteiger partial charge is 0.230 e. The van der Waals surface area contributed by atoms with Gasteiger partial charge in [-0.15, -0.1) is 11.6 Å². The van der Waals surface area contributed by atoms with E-state index in [-0.39, 0.29) is 12.8 Å². The van der Waals surface area contributed by atoms with E-state index in [9.17, 15) is 19.2 Å². The lowest BCUT2D eigenvalue weighted by molar-refractivity contribution is -0.127. The van der Waals surface area contributed by atoms with Gasteiger partial charge in [0, 0.05) is 12.8 Å². The Kier molecular flexibility index (Phi) is 13.6. The summed E-state index contributed by atoms with van der Waals surface area (Å²) in [7, 11) is 0. The average molecular weight is 371 g/mol. The lowest BCUT2D eigenvalue weighted by Crippen LogP contribution is -2.46. The molecule has 0 saturated carbocycles. The Morgan fingerprint density at radius 2 is 1.32 bits per heavy atom. The minimum atomic E-state index is -2.22. The molecule has 0 aliphatic heterocycles. The third-order valence-electron chi connectivity index (χ3n) is 4.43. The number of Topliss-reactive ketones (excluding diaryl/α,β-unsaturated/α-hetero) is 2. The van der Waals surface area contributed by atoms with Crippen LogP contribution in [0.4, 0.5) is 0 Å². The molecule has 0 aromatic rings. The van der Waals surface area contributed by atoms with Crippen molar-refractivity contribution in [3.05, 3.63) is 0 Å². The molecule has 0 amide bonds. The lowest BCUT2D eigenvalue weighted by atomic mass is 9.83. The summed E-state index contributed by atoms with van der Waals surface area (Å²) in [5.41, 5.74) is 0. The van der Waals surface area contributed by atoms with Crippen LogP contribution in [0.3, 0.4) is 0 Å². The van der Waals surface area contributed by atoms with E-state index in [1.54, 1.807) is 0 Å². The van der Waals surface area contributed by atoms with Crippen molar-refractivity contribution >= 4 is 35.7 Å². The molecule has 2 atom stereocenters. The molecule has 0 bridgehead atoms. The second-order valence-electron chi connectivity index (χ2n) is 6.58. The highest BCUT2D eigenvalue weighted by Crippen LogP contribution is 2.28. The fourth-order valence-corrected chi connectivity index (χ4v) is 3.02. The van der Waals surface area contributed by atoms with E-state index in [0.29, 0.717) is 12.8 Å². The summed E-state index contributed by atoms with van der Waals surface area (Å²) in [4.78, 5) is 44.9. The maximum atomic E-state index is 12.3. The standard InChI is InChI=1S/C20H31ClO4/c1-3-5-7-9-11-13-18(24)17(15-22)20(21,16-23)19(25)14-12-10-8-6-4-2/h17H,3-14H2,1-2H3. The Morgan fingerprint density at radius 1 is 0.840 bits per heavy atom. The van der Waals surface area contributed by atoms with Crippen LogP contribution >= 0.6 is 11.6 Å². The second-order valence-corrected chi connectivity index (χ2v) is 7.18. The first-order valence-electron chi connectivity index (χ1n) is 9.49. The highest BCUT2D eigenvalue weighted by molar-refractivity contribution is 6.46. The zero-order valence-electron chi connectivity index (χ0n) is 15.6. The van der Waals surface area contributed by atoms with Gasteiger partial charge >= 0.3 is 0 Å². The Morgan fingerprint density at radius 3 is 1.76 bits per heavy atom. The van der Waals surface area contributed by atoms with Crippen LogP contribution in [0.1, 0.15) is 90.9 Å². The maximum Gasteiger partial charge on any atom is 0.230 e. The average Bonchev–Trinajstić information content (AvgIpc) is 2.61. The van der Waals surface area contributed by atoms with E-state index in [0.717, 1.165) is 51.4 Å². The van der Waals surface area contributed by atoms with Gasteiger partial charge in [0.25, 0.3) is 0 Å².